The summed E-state index contributed by atoms with van der Waals surface area (Å²) in [6.45, 7) is 6.92. The van der Waals surface area contributed by atoms with E-state index in [1.165, 1.54) is 0 Å². The molecule has 1 heterocycles. The number of hydrogen-bond donors (Lipinski definition) is 1. The number of hydrogen-bond acceptors (Lipinski definition) is 3. The van der Waals surface area contributed by atoms with Crippen LogP contribution in [0.25, 0.3) is 0 Å². The Morgan fingerprint density at radius 2 is 2.44 bits per heavy atom. The topological polar surface area (TPSA) is 34.2 Å². The summed E-state index contributed by atoms with van der Waals surface area (Å²) in [4.78, 5) is 4.21. The SMILES string of the molecule is C=CCC(NCCC)c1cccnc1OC. The minimum Gasteiger partial charge on any atom is -0.481 e. The standard InChI is InChI=1S/C13H20N2O/c1-4-7-12(14-9-5-2)11-8-6-10-15-13(11)16-3/h4,6,8,10,12,14H,1,5,7,9H2,2-3H3. The van der Waals surface area contributed by atoms with E-state index in [4.69, 9.17) is 4.74 Å². The third kappa shape index (κ3) is 3.35. The number of nitrogens with zero attached hydrogens (tertiary/aromatic N) is 1. The highest BCUT2D eigenvalue weighted by Crippen LogP contribution is 2.24. The van der Waals surface area contributed by atoms with Gasteiger partial charge in [-0.05, 0) is 25.5 Å². The van der Waals surface area contributed by atoms with Crippen molar-refractivity contribution in [3.63, 3.8) is 0 Å². The smallest absolute Gasteiger partial charge is 0.217 e. The Balaban J connectivity index is 2.85. The van der Waals surface area contributed by atoms with Crippen molar-refractivity contribution in [1.82, 2.24) is 10.3 Å². The van der Waals surface area contributed by atoms with Gasteiger partial charge >= 0.3 is 0 Å². The minimum absolute atomic E-state index is 0.237. The van der Waals surface area contributed by atoms with E-state index in [9.17, 15) is 0 Å². The molecule has 1 unspecified atom stereocenters. The quantitative estimate of drug-likeness (QED) is 0.717. The van der Waals surface area contributed by atoms with E-state index in [0.717, 1.165) is 24.9 Å². The molecule has 0 spiro atoms. The second-order valence-corrected chi connectivity index (χ2v) is 3.63. The summed E-state index contributed by atoms with van der Waals surface area (Å²) < 4.78 is 5.27. The highest BCUT2D eigenvalue weighted by atomic mass is 16.5. The van der Waals surface area contributed by atoms with Gasteiger partial charge in [0.2, 0.25) is 5.88 Å². The van der Waals surface area contributed by atoms with Gasteiger partial charge in [0.25, 0.3) is 0 Å². The molecule has 3 heteroatoms. The van der Waals surface area contributed by atoms with Gasteiger partial charge in [0.15, 0.2) is 0 Å². The number of aromatic nitrogens is 1. The van der Waals surface area contributed by atoms with Crippen molar-refractivity contribution in [2.45, 2.75) is 25.8 Å². The third-order valence-corrected chi connectivity index (χ3v) is 2.41. The van der Waals surface area contributed by atoms with Crippen molar-refractivity contribution in [1.29, 1.82) is 0 Å². The lowest BCUT2D eigenvalue weighted by molar-refractivity contribution is 0.382. The van der Waals surface area contributed by atoms with E-state index >= 15 is 0 Å². The van der Waals surface area contributed by atoms with Gasteiger partial charge in [0.05, 0.1) is 7.11 Å². The molecule has 0 aliphatic rings. The first kappa shape index (κ1) is 12.7. The Morgan fingerprint density at radius 1 is 1.62 bits per heavy atom. The van der Waals surface area contributed by atoms with Gasteiger partial charge in [-0.15, -0.1) is 6.58 Å². The molecule has 0 aliphatic heterocycles. The van der Waals surface area contributed by atoms with Gasteiger partial charge in [0, 0.05) is 17.8 Å². The molecule has 1 aromatic rings. The lowest BCUT2D eigenvalue weighted by atomic mass is 10.1. The Kier molecular flexibility index (Phi) is 5.57. The largest absolute Gasteiger partial charge is 0.481 e. The highest BCUT2D eigenvalue weighted by Gasteiger charge is 2.14. The second-order valence-electron chi connectivity index (χ2n) is 3.63. The number of ether oxygens (including phenoxy) is 1. The zero-order valence-corrected chi connectivity index (χ0v) is 10.1. The molecule has 1 atom stereocenters. The molecule has 0 aliphatic carbocycles. The predicted molar refractivity (Wildman–Crippen MR) is 66.6 cm³/mol. The fourth-order valence-electron chi connectivity index (χ4n) is 1.64. The van der Waals surface area contributed by atoms with Crippen LogP contribution in [0.2, 0.25) is 0 Å². The number of pyridine rings is 1. The molecule has 0 radical (unpaired) electrons. The van der Waals surface area contributed by atoms with E-state index < -0.39 is 0 Å². The molecule has 1 N–H and O–H groups in total. The lowest BCUT2D eigenvalue weighted by Gasteiger charge is -2.18. The Bertz CT molecular complexity index is 325. The predicted octanol–water partition coefficient (Wildman–Crippen LogP) is 2.71. The van der Waals surface area contributed by atoms with Crippen LogP contribution in [0, 0.1) is 0 Å². The fourth-order valence-corrected chi connectivity index (χ4v) is 1.64. The first-order valence-electron chi connectivity index (χ1n) is 5.66. The maximum Gasteiger partial charge on any atom is 0.217 e. The summed E-state index contributed by atoms with van der Waals surface area (Å²) in [5.74, 6) is 0.693. The van der Waals surface area contributed by atoms with Crippen LogP contribution in [0.4, 0.5) is 0 Å². The molecule has 3 nitrogen and oxygen atoms in total. The van der Waals surface area contributed by atoms with Crippen molar-refractivity contribution in [2.75, 3.05) is 13.7 Å². The molecule has 0 amide bonds. The number of nitrogens with one attached hydrogen (secondary N) is 1. The molecule has 0 saturated heterocycles. The molecule has 0 bridgehead atoms. The average Bonchev–Trinajstić information content (AvgIpc) is 2.34. The summed E-state index contributed by atoms with van der Waals surface area (Å²) in [6, 6.07) is 4.21. The van der Waals surface area contributed by atoms with Crippen LogP contribution in [0.15, 0.2) is 31.0 Å². The molecule has 88 valence electrons. The molecular weight excluding hydrogens is 200 g/mol. The Morgan fingerprint density at radius 3 is 3.06 bits per heavy atom. The van der Waals surface area contributed by atoms with Gasteiger partial charge in [-0.2, -0.15) is 0 Å². The van der Waals surface area contributed by atoms with Gasteiger partial charge < -0.3 is 10.1 Å². The van der Waals surface area contributed by atoms with E-state index in [1.807, 2.05) is 18.2 Å². The summed E-state index contributed by atoms with van der Waals surface area (Å²) in [7, 11) is 1.65. The Hall–Kier alpha value is -1.35. The summed E-state index contributed by atoms with van der Waals surface area (Å²) in [5, 5.41) is 3.47. The van der Waals surface area contributed by atoms with Crippen LogP contribution in [-0.2, 0) is 0 Å². The normalized spacial score (nSPS) is 12.1. The molecule has 0 aromatic carbocycles. The maximum atomic E-state index is 5.27. The minimum atomic E-state index is 0.237. The van der Waals surface area contributed by atoms with Crippen molar-refractivity contribution in [3.8, 4) is 5.88 Å². The second kappa shape index (κ2) is 7.01. The Labute approximate surface area is 97.5 Å². The first-order valence-corrected chi connectivity index (χ1v) is 5.66. The van der Waals surface area contributed by atoms with Crippen molar-refractivity contribution in [3.05, 3.63) is 36.5 Å². The van der Waals surface area contributed by atoms with Crippen LogP contribution in [0.5, 0.6) is 5.88 Å². The van der Waals surface area contributed by atoms with Crippen molar-refractivity contribution >= 4 is 0 Å². The van der Waals surface area contributed by atoms with Gasteiger partial charge in [0.1, 0.15) is 0 Å². The van der Waals surface area contributed by atoms with E-state index in [2.05, 4.69) is 23.8 Å². The summed E-state index contributed by atoms with van der Waals surface area (Å²) in [5.41, 5.74) is 1.10. The maximum absolute atomic E-state index is 5.27. The first-order chi connectivity index (χ1) is 7.83. The molecular formula is C13H20N2O. The van der Waals surface area contributed by atoms with E-state index in [0.29, 0.717) is 5.88 Å². The zero-order valence-electron chi connectivity index (χ0n) is 10.1. The lowest BCUT2D eigenvalue weighted by Crippen LogP contribution is -2.22. The van der Waals surface area contributed by atoms with Crippen LogP contribution < -0.4 is 10.1 Å². The molecule has 1 aromatic heterocycles. The van der Waals surface area contributed by atoms with Crippen molar-refractivity contribution in [2.24, 2.45) is 0 Å². The van der Waals surface area contributed by atoms with Crippen LogP contribution in [0.3, 0.4) is 0 Å². The summed E-state index contributed by atoms with van der Waals surface area (Å²) >= 11 is 0. The molecule has 1 rings (SSSR count). The number of rotatable bonds is 7. The van der Waals surface area contributed by atoms with Crippen molar-refractivity contribution < 1.29 is 4.74 Å². The van der Waals surface area contributed by atoms with Gasteiger partial charge in [-0.3, -0.25) is 0 Å². The van der Waals surface area contributed by atoms with Crippen LogP contribution in [0.1, 0.15) is 31.4 Å². The van der Waals surface area contributed by atoms with Crippen LogP contribution in [-0.4, -0.2) is 18.6 Å². The molecule has 0 saturated carbocycles. The number of methoxy groups -OCH3 is 1. The third-order valence-electron chi connectivity index (χ3n) is 2.41. The van der Waals surface area contributed by atoms with Gasteiger partial charge in [-0.25, -0.2) is 4.98 Å². The summed E-state index contributed by atoms with van der Waals surface area (Å²) in [6.07, 6.45) is 5.64. The monoisotopic (exact) mass is 220 g/mol. The van der Waals surface area contributed by atoms with Gasteiger partial charge in [-0.1, -0.05) is 19.1 Å². The fraction of sp³-hybridized carbons (Fsp3) is 0.462. The molecule has 0 fully saturated rings. The zero-order chi connectivity index (χ0) is 11.8. The van der Waals surface area contributed by atoms with Crippen LogP contribution >= 0.6 is 0 Å². The van der Waals surface area contributed by atoms with E-state index in [-0.39, 0.29) is 6.04 Å². The van der Waals surface area contributed by atoms with E-state index in [1.54, 1.807) is 13.3 Å². The highest BCUT2D eigenvalue weighted by molar-refractivity contribution is 5.29. The average molecular weight is 220 g/mol. The molecule has 16 heavy (non-hydrogen) atoms.